The number of fused-ring (bicyclic) bond motifs is 5. The summed E-state index contributed by atoms with van der Waals surface area (Å²) in [6.45, 7) is 10.8. The zero-order chi connectivity index (χ0) is 31.5. The van der Waals surface area contributed by atoms with E-state index in [2.05, 4.69) is 56.9 Å². The Kier molecular flexibility index (Phi) is 11.2. The zero-order valence-corrected chi connectivity index (χ0v) is 28.3. The van der Waals surface area contributed by atoms with Crippen molar-refractivity contribution in [1.82, 2.24) is 4.90 Å². The Morgan fingerprint density at radius 1 is 0.932 bits per heavy atom. The number of carbonyl (C=O) groups excluding carboxylic acids is 1. The van der Waals surface area contributed by atoms with Crippen LogP contribution in [0, 0.1) is 46.3 Å². The summed E-state index contributed by atoms with van der Waals surface area (Å²) < 4.78 is 0. The summed E-state index contributed by atoms with van der Waals surface area (Å²) in [5.74, 6) is 2.19. The van der Waals surface area contributed by atoms with Crippen LogP contribution in [-0.2, 0) is 11.3 Å². The van der Waals surface area contributed by atoms with Gasteiger partial charge in [0, 0.05) is 19.5 Å². The smallest absolute Gasteiger partial charge is 0.222 e. The van der Waals surface area contributed by atoms with Gasteiger partial charge in [-0.05, 0) is 110 Å². The summed E-state index contributed by atoms with van der Waals surface area (Å²) in [5, 5.41) is 33.9. The lowest BCUT2D eigenvalue weighted by molar-refractivity contribution is -0.207. The van der Waals surface area contributed by atoms with Crippen LogP contribution in [0.3, 0.4) is 0 Å². The van der Waals surface area contributed by atoms with Crippen LogP contribution in [0.2, 0.25) is 0 Å². The summed E-state index contributed by atoms with van der Waals surface area (Å²) in [5.41, 5.74) is 1.07. The van der Waals surface area contributed by atoms with Gasteiger partial charge in [-0.25, -0.2) is 0 Å². The Balaban J connectivity index is 1.22. The van der Waals surface area contributed by atoms with Gasteiger partial charge in [-0.2, -0.15) is 0 Å². The fourth-order valence-corrected chi connectivity index (χ4v) is 11.0. The van der Waals surface area contributed by atoms with Gasteiger partial charge in [-0.15, -0.1) is 0 Å². The summed E-state index contributed by atoms with van der Waals surface area (Å²) in [7, 11) is 0. The number of amides is 1. The van der Waals surface area contributed by atoms with E-state index >= 15 is 0 Å². The maximum atomic E-state index is 13.7. The van der Waals surface area contributed by atoms with Gasteiger partial charge >= 0.3 is 0 Å². The van der Waals surface area contributed by atoms with Gasteiger partial charge in [0.15, 0.2) is 0 Å². The maximum Gasteiger partial charge on any atom is 0.222 e. The Bertz CT molecular complexity index is 1060. The van der Waals surface area contributed by atoms with E-state index in [1.54, 1.807) is 0 Å². The largest absolute Gasteiger partial charge is 0.393 e. The summed E-state index contributed by atoms with van der Waals surface area (Å²) in [6.07, 6.45) is 14.1. The molecule has 0 saturated heterocycles. The second kappa shape index (κ2) is 14.6. The lowest BCUT2D eigenvalue weighted by Gasteiger charge is -2.63. The highest BCUT2D eigenvalue weighted by atomic mass is 16.3. The van der Waals surface area contributed by atoms with Crippen molar-refractivity contribution >= 4 is 5.91 Å². The first-order valence-corrected chi connectivity index (χ1v) is 18.4. The van der Waals surface area contributed by atoms with E-state index < -0.39 is 0 Å². The Morgan fingerprint density at radius 3 is 2.41 bits per heavy atom. The van der Waals surface area contributed by atoms with Crippen molar-refractivity contribution in [3.63, 3.8) is 0 Å². The minimum Gasteiger partial charge on any atom is -0.393 e. The Hall–Kier alpha value is -1.43. The van der Waals surface area contributed by atoms with Gasteiger partial charge in [0.25, 0.3) is 0 Å². The van der Waals surface area contributed by atoms with Crippen LogP contribution in [0.25, 0.3) is 0 Å². The number of nitrogens with zero attached hydrogens (tertiary/aromatic N) is 1. The average molecular weight is 610 g/mol. The third-order valence-electron chi connectivity index (χ3n) is 13.7. The first-order chi connectivity index (χ1) is 21.1. The molecule has 5 nitrogen and oxygen atoms in total. The molecule has 4 aliphatic carbocycles. The number of benzene rings is 1. The van der Waals surface area contributed by atoms with Crippen LogP contribution in [0.15, 0.2) is 30.3 Å². The van der Waals surface area contributed by atoms with E-state index in [1.165, 1.54) is 37.7 Å². The molecule has 0 bridgehead atoms. The van der Waals surface area contributed by atoms with Gasteiger partial charge in [-0.1, -0.05) is 90.1 Å². The molecule has 4 aliphatic rings. The Morgan fingerprint density at radius 2 is 1.66 bits per heavy atom. The van der Waals surface area contributed by atoms with E-state index in [0.29, 0.717) is 42.6 Å². The molecule has 1 amide bonds. The van der Waals surface area contributed by atoms with Crippen LogP contribution >= 0.6 is 0 Å². The first-order valence-electron chi connectivity index (χ1n) is 18.4. The number of carbonyl (C=O) groups is 1. The summed E-state index contributed by atoms with van der Waals surface area (Å²) in [4.78, 5) is 15.8. The minimum absolute atomic E-state index is 0.0970. The van der Waals surface area contributed by atoms with Crippen LogP contribution < -0.4 is 0 Å². The number of aliphatic hydroxyl groups excluding tert-OH is 3. The Labute approximate surface area is 268 Å². The molecular formula is C39H63NO4. The van der Waals surface area contributed by atoms with Gasteiger partial charge in [-0.3, -0.25) is 4.79 Å². The lowest BCUT2D eigenvalue weighted by atomic mass is 9.43. The highest BCUT2D eigenvalue weighted by Gasteiger charge is 2.65. The highest BCUT2D eigenvalue weighted by Crippen LogP contribution is 2.68. The second-order valence-electron chi connectivity index (χ2n) is 16.1. The SMILES string of the molecule is CCCCCCCCN(Cc1ccccc1)C(=O)CCC(C)C1CC[C@H]2C3[C@H](O)CC4C[C@H](O)CCC4(C)[C@H]3C[C@H](O)C12C. The van der Waals surface area contributed by atoms with Crippen LogP contribution in [-0.4, -0.2) is 51.0 Å². The number of hydrogen-bond acceptors (Lipinski definition) is 4. The fourth-order valence-electron chi connectivity index (χ4n) is 11.0. The molecule has 0 aromatic heterocycles. The van der Waals surface area contributed by atoms with E-state index in [0.717, 1.165) is 64.3 Å². The molecule has 5 heteroatoms. The van der Waals surface area contributed by atoms with Crippen molar-refractivity contribution in [1.29, 1.82) is 0 Å². The molecule has 0 spiro atoms. The van der Waals surface area contributed by atoms with E-state index in [4.69, 9.17) is 0 Å². The predicted octanol–water partition coefficient (Wildman–Crippen LogP) is 7.75. The molecule has 0 radical (unpaired) electrons. The molecule has 44 heavy (non-hydrogen) atoms. The van der Waals surface area contributed by atoms with Crippen LogP contribution in [0.4, 0.5) is 0 Å². The first kappa shape index (κ1) is 33.9. The molecule has 4 saturated carbocycles. The van der Waals surface area contributed by atoms with Crippen molar-refractivity contribution < 1.29 is 20.1 Å². The number of hydrogen-bond donors (Lipinski definition) is 3. The van der Waals surface area contributed by atoms with Gasteiger partial charge in [0.1, 0.15) is 0 Å². The molecule has 6 unspecified atom stereocenters. The van der Waals surface area contributed by atoms with Crippen molar-refractivity contribution in [3.8, 4) is 0 Å². The highest BCUT2D eigenvalue weighted by molar-refractivity contribution is 5.76. The molecule has 3 N–H and O–H groups in total. The van der Waals surface area contributed by atoms with Crippen molar-refractivity contribution in [2.75, 3.05) is 6.54 Å². The third-order valence-corrected chi connectivity index (χ3v) is 13.7. The molecule has 0 heterocycles. The van der Waals surface area contributed by atoms with Crippen molar-refractivity contribution in [3.05, 3.63) is 35.9 Å². The normalized spacial score (nSPS) is 38.8. The number of aliphatic hydroxyl groups is 3. The quantitative estimate of drug-likeness (QED) is 0.200. The van der Waals surface area contributed by atoms with E-state index in [-0.39, 0.29) is 41.0 Å². The molecule has 1 aromatic carbocycles. The zero-order valence-electron chi connectivity index (χ0n) is 28.3. The second-order valence-corrected chi connectivity index (χ2v) is 16.1. The lowest BCUT2D eigenvalue weighted by Crippen LogP contribution is -2.62. The van der Waals surface area contributed by atoms with Gasteiger partial charge in [0.2, 0.25) is 5.91 Å². The molecule has 4 fully saturated rings. The summed E-state index contributed by atoms with van der Waals surface area (Å²) in [6, 6.07) is 10.4. The van der Waals surface area contributed by atoms with E-state index in [9.17, 15) is 20.1 Å². The monoisotopic (exact) mass is 609 g/mol. The molecule has 11 atom stereocenters. The molecule has 1 aromatic rings. The molecule has 248 valence electrons. The van der Waals surface area contributed by atoms with Gasteiger partial charge in [0.05, 0.1) is 18.3 Å². The molecule has 5 rings (SSSR count). The minimum atomic E-state index is -0.378. The number of unbranched alkanes of at least 4 members (excludes halogenated alkanes) is 5. The molecular weight excluding hydrogens is 546 g/mol. The van der Waals surface area contributed by atoms with Gasteiger partial charge < -0.3 is 20.2 Å². The van der Waals surface area contributed by atoms with Crippen LogP contribution in [0.1, 0.15) is 130 Å². The average Bonchev–Trinajstić information content (AvgIpc) is 3.37. The number of rotatable bonds is 13. The topological polar surface area (TPSA) is 81.0 Å². The summed E-state index contributed by atoms with van der Waals surface area (Å²) >= 11 is 0. The fraction of sp³-hybridized carbons (Fsp3) is 0.821. The van der Waals surface area contributed by atoms with Crippen LogP contribution in [0.5, 0.6) is 0 Å². The predicted molar refractivity (Wildman–Crippen MR) is 178 cm³/mol. The standard InChI is InChI=1S/C39H63NO4/c1-5-6-7-8-9-13-22-40(26-28-14-11-10-12-15-28)36(44)19-16-27(2)31-17-18-32-37-33(25-35(43)39(31,32)4)38(3)21-20-30(41)23-29(38)24-34(37)42/h10-12,14-15,27,29-35,37,41-43H,5-9,13,16-26H2,1-4H3/t27?,29?,30-,31?,32+,33+,34-,35+,37?,38?,39?/m1/s1. The third kappa shape index (κ3) is 6.81. The molecule has 0 aliphatic heterocycles. The maximum absolute atomic E-state index is 13.7. The van der Waals surface area contributed by atoms with Crippen molar-refractivity contribution in [2.45, 2.75) is 149 Å². The van der Waals surface area contributed by atoms with E-state index in [1.807, 2.05) is 6.07 Å². The van der Waals surface area contributed by atoms with Crippen molar-refractivity contribution in [2.24, 2.45) is 46.3 Å².